The molecule has 1 heterocycles. The molecule has 0 unspecified atom stereocenters. The molecule has 126 valence electrons. The zero-order valence-corrected chi connectivity index (χ0v) is 14.0. The summed E-state index contributed by atoms with van der Waals surface area (Å²) in [5.74, 6) is 0. The third-order valence-electron chi connectivity index (χ3n) is 4.57. The number of nitro benzene ring substituents is 1. The molecule has 2 aliphatic rings. The summed E-state index contributed by atoms with van der Waals surface area (Å²) in [7, 11) is -3.54. The quantitative estimate of drug-likeness (QED) is 0.652. The minimum Gasteiger partial charge on any atom is -0.380 e. The molecule has 2 atom stereocenters. The SMILES string of the molecule is C[C@H]1C[C@@H](Nc2ccc([N+](=O)[O-])cc2S(C)(=O)=O)CN1C1CC1. The van der Waals surface area contributed by atoms with E-state index in [1.54, 1.807) is 0 Å². The average molecular weight is 339 g/mol. The maximum Gasteiger partial charge on any atom is 0.270 e. The van der Waals surface area contributed by atoms with Gasteiger partial charge in [0.05, 0.1) is 15.5 Å². The number of rotatable bonds is 5. The number of hydrogen-bond acceptors (Lipinski definition) is 6. The molecular weight excluding hydrogens is 318 g/mol. The first-order valence-electron chi connectivity index (χ1n) is 7.76. The van der Waals surface area contributed by atoms with Crippen LogP contribution in [0.3, 0.4) is 0 Å². The monoisotopic (exact) mass is 339 g/mol. The molecule has 8 heteroatoms. The summed E-state index contributed by atoms with van der Waals surface area (Å²) in [5, 5.41) is 14.2. The van der Waals surface area contributed by atoms with E-state index in [9.17, 15) is 18.5 Å². The Bertz CT molecular complexity index is 730. The van der Waals surface area contributed by atoms with Gasteiger partial charge in [0, 0.05) is 43.1 Å². The number of sulfone groups is 1. The Morgan fingerprint density at radius 1 is 1.35 bits per heavy atom. The molecule has 0 radical (unpaired) electrons. The third-order valence-corrected chi connectivity index (χ3v) is 5.71. The molecule has 0 bridgehead atoms. The van der Waals surface area contributed by atoms with Crippen LogP contribution < -0.4 is 5.32 Å². The standard InChI is InChI=1S/C15H21N3O4S/c1-10-7-11(9-17(10)12-3-4-12)16-14-6-5-13(18(19)20)8-15(14)23(2,21)22/h5-6,8,10-12,16H,3-4,7,9H2,1-2H3/t10-,11+/m0/s1. The summed E-state index contributed by atoms with van der Waals surface area (Å²) in [6.07, 6.45) is 4.49. The van der Waals surface area contributed by atoms with E-state index in [0.717, 1.165) is 25.3 Å². The maximum absolute atomic E-state index is 12.0. The highest BCUT2D eigenvalue weighted by Crippen LogP contribution is 2.35. The van der Waals surface area contributed by atoms with E-state index in [-0.39, 0.29) is 16.6 Å². The van der Waals surface area contributed by atoms with Crippen LogP contribution in [0.4, 0.5) is 11.4 Å². The van der Waals surface area contributed by atoms with Crippen molar-refractivity contribution in [3.8, 4) is 0 Å². The van der Waals surface area contributed by atoms with Crippen molar-refractivity contribution in [3.63, 3.8) is 0 Å². The molecule has 7 nitrogen and oxygen atoms in total. The largest absolute Gasteiger partial charge is 0.380 e. The fourth-order valence-electron chi connectivity index (χ4n) is 3.35. The van der Waals surface area contributed by atoms with Gasteiger partial charge in [0.1, 0.15) is 0 Å². The molecule has 1 aliphatic carbocycles. The van der Waals surface area contributed by atoms with Crippen LogP contribution in [0.15, 0.2) is 23.1 Å². The second-order valence-electron chi connectivity index (χ2n) is 6.56. The van der Waals surface area contributed by atoms with E-state index in [1.165, 1.54) is 25.0 Å². The van der Waals surface area contributed by atoms with E-state index >= 15 is 0 Å². The second kappa shape index (κ2) is 5.76. The lowest BCUT2D eigenvalue weighted by Gasteiger charge is -2.20. The van der Waals surface area contributed by atoms with Crippen molar-refractivity contribution in [1.82, 2.24) is 4.90 Å². The maximum atomic E-state index is 12.0. The minimum atomic E-state index is -3.54. The Balaban J connectivity index is 1.83. The molecule has 1 saturated heterocycles. The van der Waals surface area contributed by atoms with Crippen LogP contribution in [0.1, 0.15) is 26.2 Å². The molecule has 23 heavy (non-hydrogen) atoms. The average Bonchev–Trinajstić information content (AvgIpc) is 3.22. The Kier molecular flexibility index (Phi) is 4.05. The van der Waals surface area contributed by atoms with Crippen molar-refractivity contribution in [2.75, 3.05) is 18.1 Å². The molecule has 2 fully saturated rings. The van der Waals surface area contributed by atoms with Gasteiger partial charge >= 0.3 is 0 Å². The number of nitrogens with one attached hydrogen (secondary N) is 1. The summed E-state index contributed by atoms with van der Waals surface area (Å²) in [6.45, 7) is 3.07. The van der Waals surface area contributed by atoms with Gasteiger partial charge in [0.25, 0.3) is 5.69 Å². The number of nitro groups is 1. The molecule has 1 aromatic carbocycles. The van der Waals surface area contributed by atoms with E-state index in [4.69, 9.17) is 0 Å². The van der Waals surface area contributed by atoms with E-state index in [1.807, 2.05) is 0 Å². The predicted molar refractivity (Wildman–Crippen MR) is 87.4 cm³/mol. The normalized spacial score (nSPS) is 25.5. The van der Waals surface area contributed by atoms with Crippen molar-refractivity contribution in [2.24, 2.45) is 0 Å². The summed E-state index contributed by atoms with van der Waals surface area (Å²) < 4.78 is 24.0. The topological polar surface area (TPSA) is 92.5 Å². The lowest BCUT2D eigenvalue weighted by Crippen LogP contribution is -2.31. The zero-order chi connectivity index (χ0) is 16.8. The van der Waals surface area contributed by atoms with Gasteiger partial charge in [-0.1, -0.05) is 0 Å². The predicted octanol–water partition coefficient (Wildman–Crippen LogP) is 2.04. The van der Waals surface area contributed by atoms with Crippen molar-refractivity contribution in [3.05, 3.63) is 28.3 Å². The van der Waals surface area contributed by atoms with Gasteiger partial charge in [0.15, 0.2) is 9.84 Å². The third kappa shape index (κ3) is 3.48. The van der Waals surface area contributed by atoms with E-state index in [0.29, 0.717) is 17.8 Å². The number of nitrogens with zero attached hydrogens (tertiary/aromatic N) is 2. The Labute approximate surface area is 135 Å². The van der Waals surface area contributed by atoms with Gasteiger partial charge in [-0.2, -0.15) is 0 Å². The van der Waals surface area contributed by atoms with Crippen LogP contribution in [0, 0.1) is 10.1 Å². The van der Waals surface area contributed by atoms with Crippen LogP contribution in [-0.2, 0) is 9.84 Å². The summed E-state index contributed by atoms with van der Waals surface area (Å²) in [4.78, 5) is 12.8. The molecule has 1 saturated carbocycles. The van der Waals surface area contributed by atoms with Gasteiger partial charge in [-0.3, -0.25) is 15.0 Å². The van der Waals surface area contributed by atoms with Gasteiger partial charge in [-0.05, 0) is 32.3 Å². The van der Waals surface area contributed by atoms with Gasteiger partial charge in [-0.25, -0.2) is 8.42 Å². The smallest absolute Gasteiger partial charge is 0.270 e. The highest BCUT2D eigenvalue weighted by Gasteiger charge is 2.39. The number of likely N-dealkylation sites (tertiary alicyclic amines) is 1. The van der Waals surface area contributed by atoms with Crippen molar-refractivity contribution in [1.29, 1.82) is 0 Å². The van der Waals surface area contributed by atoms with Gasteiger partial charge in [0.2, 0.25) is 0 Å². The van der Waals surface area contributed by atoms with Crippen LogP contribution in [-0.4, -0.2) is 49.2 Å². The first kappa shape index (κ1) is 16.2. The highest BCUT2D eigenvalue weighted by atomic mass is 32.2. The first-order valence-corrected chi connectivity index (χ1v) is 9.65. The number of hydrogen-bond donors (Lipinski definition) is 1. The summed E-state index contributed by atoms with van der Waals surface area (Å²) in [6, 6.07) is 5.28. The Hall–Kier alpha value is -1.67. The van der Waals surface area contributed by atoms with Crippen LogP contribution >= 0.6 is 0 Å². The van der Waals surface area contributed by atoms with Crippen molar-refractivity contribution < 1.29 is 13.3 Å². The fraction of sp³-hybridized carbons (Fsp3) is 0.600. The lowest BCUT2D eigenvalue weighted by molar-refractivity contribution is -0.385. The van der Waals surface area contributed by atoms with Crippen LogP contribution in [0.25, 0.3) is 0 Å². The molecule has 0 aromatic heterocycles. The fourth-order valence-corrected chi connectivity index (χ4v) is 4.21. The Morgan fingerprint density at radius 3 is 2.61 bits per heavy atom. The Morgan fingerprint density at radius 2 is 2.04 bits per heavy atom. The summed E-state index contributed by atoms with van der Waals surface area (Å²) >= 11 is 0. The van der Waals surface area contributed by atoms with Gasteiger partial charge in [-0.15, -0.1) is 0 Å². The van der Waals surface area contributed by atoms with Crippen molar-refractivity contribution >= 4 is 21.2 Å². The molecule has 1 aromatic rings. The van der Waals surface area contributed by atoms with Crippen LogP contribution in [0.5, 0.6) is 0 Å². The van der Waals surface area contributed by atoms with Crippen molar-refractivity contribution in [2.45, 2.75) is 49.2 Å². The zero-order valence-electron chi connectivity index (χ0n) is 13.2. The number of non-ortho nitro benzene ring substituents is 1. The molecule has 3 rings (SSSR count). The number of benzene rings is 1. The van der Waals surface area contributed by atoms with E-state index in [2.05, 4.69) is 17.1 Å². The molecule has 0 spiro atoms. The highest BCUT2D eigenvalue weighted by molar-refractivity contribution is 7.90. The van der Waals surface area contributed by atoms with Gasteiger partial charge < -0.3 is 5.32 Å². The first-order chi connectivity index (χ1) is 10.8. The second-order valence-corrected chi connectivity index (χ2v) is 8.55. The minimum absolute atomic E-state index is 0.00998. The molecule has 1 aliphatic heterocycles. The lowest BCUT2D eigenvalue weighted by atomic mass is 10.2. The summed E-state index contributed by atoms with van der Waals surface area (Å²) in [5.41, 5.74) is 0.239. The molecule has 0 amide bonds. The number of anilines is 1. The van der Waals surface area contributed by atoms with Crippen LogP contribution in [0.2, 0.25) is 0 Å². The molecular formula is C15H21N3O4S. The molecule has 1 N–H and O–H groups in total. The van der Waals surface area contributed by atoms with E-state index < -0.39 is 14.8 Å².